The molecule has 1 aliphatic heterocycles. The van der Waals surface area contributed by atoms with Crippen LogP contribution in [0.25, 0.3) is 6.08 Å². The van der Waals surface area contributed by atoms with Gasteiger partial charge in [0.15, 0.2) is 10.9 Å². The maximum atomic E-state index is 12.3. The first-order valence-corrected chi connectivity index (χ1v) is 10.3. The summed E-state index contributed by atoms with van der Waals surface area (Å²) in [5.74, 6) is -0.545. The molecular weight excluding hydrogens is 532 g/mol. The number of halogens is 3. The average Bonchev–Trinajstić information content (AvgIpc) is 2.64. The fraction of sp³-hybridized carbons (Fsp3) is 0.105. The zero-order valence-electron chi connectivity index (χ0n) is 14.5. The lowest BCUT2D eigenvalue weighted by Crippen LogP contribution is -2.52. The Labute approximate surface area is 188 Å². The highest BCUT2D eigenvalue weighted by Crippen LogP contribution is 2.36. The average molecular weight is 545 g/mol. The van der Waals surface area contributed by atoms with Gasteiger partial charge in [-0.3, -0.25) is 19.8 Å². The SMILES string of the molecule is CN1C(=O)/C(=C/c2cc(Cl)c(OCc3ccc(Br)cc3)c(Br)c2)C(=O)NC1=S. The first-order valence-electron chi connectivity index (χ1n) is 7.97. The van der Waals surface area contributed by atoms with Crippen LogP contribution >= 0.6 is 55.7 Å². The molecule has 2 aromatic rings. The van der Waals surface area contributed by atoms with Gasteiger partial charge in [0.2, 0.25) is 0 Å². The van der Waals surface area contributed by atoms with Gasteiger partial charge in [0.1, 0.15) is 12.2 Å². The van der Waals surface area contributed by atoms with Gasteiger partial charge in [-0.2, -0.15) is 0 Å². The van der Waals surface area contributed by atoms with Gasteiger partial charge in [-0.25, -0.2) is 0 Å². The van der Waals surface area contributed by atoms with Crippen LogP contribution in [0.4, 0.5) is 0 Å². The van der Waals surface area contributed by atoms with Gasteiger partial charge >= 0.3 is 0 Å². The van der Waals surface area contributed by atoms with E-state index in [1.807, 2.05) is 24.3 Å². The lowest BCUT2D eigenvalue weighted by atomic mass is 10.1. The quantitative estimate of drug-likeness (QED) is 0.345. The normalized spacial score (nSPS) is 15.8. The Morgan fingerprint density at radius 1 is 1.21 bits per heavy atom. The third-order valence-corrected chi connectivity index (χ3v) is 5.71. The molecule has 3 rings (SSSR count). The van der Waals surface area contributed by atoms with Crippen molar-refractivity contribution in [1.82, 2.24) is 10.2 Å². The Kier molecular flexibility index (Phi) is 6.54. The van der Waals surface area contributed by atoms with Gasteiger partial charge in [0, 0.05) is 11.5 Å². The number of carbonyl (C=O) groups is 2. The number of ether oxygens (including phenoxy) is 1. The molecule has 0 unspecified atom stereocenters. The highest BCUT2D eigenvalue weighted by molar-refractivity contribution is 9.10. The van der Waals surface area contributed by atoms with Crippen molar-refractivity contribution >= 4 is 78.7 Å². The molecular formula is C19H13Br2ClN2O3S. The zero-order valence-corrected chi connectivity index (χ0v) is 19.2. The predicted octanol–water partition coefficient (Wildman–Crippen LogP) is 4.70. The molecule has 0 aliphatic carbocycles. The smallest absolute Gasteiger partial charge is 0.265 e. The molecule has 1 saturated heterocycles. The molecule has 0 radical (unpaired) electrons. The Hall–Kier alpha value is -1.74. The maximum Gasteiger partial charge on any atom is 0.265 e. The second-order valence-electron chi connectivity index (χ2n) is 5.91. The van der Waals surface area contributed by atoms with E-state index in [4.69, 9.17) is 28.6 Å². The van der Waals surface area contributed by atoms with E-state index in [9.17, 15) is 9.59 Å². The summed E-state index contributed by atoms with van der Waals surface area (Å²) in [7, 11) is 1.50. The van der Waals surface area contributed by atoms with Crippen molar-refractivity contribution < 1.29 is 14.3 Å². The van der Waals surface area contributed by atoms with Crippen LogP contribution in [0.5, 0.6) is 5.75 Å². The van der Waals surface area contributed by atoms with E-state index in [1.165, 1.54) is 18.0 Å². The van der Waals surface area contributed by atoms with Gasteiger partial charge < -0.3 is 4.74 Å². The van der Waals surface area contributed by atoms with E-state index in [0.717, 1.165) is 10.0 Å². The minimum absolute atomic E-state index is 0.0254. The van der Waals surface area contributed by atoms with Crippen LogP contribution in [-0.2, 0) is 16.2 Å². The Balaban J connectivity index is 1.83. The minimum atomic E-state index is -0.545. The number of thiocarbonyl (C=S) groups is 1. The van der Waals surface area contributed by atoms with Gasteiger partial charge in [-0.15, -0.1) is 0 Å². The summed E-state index contributed by atoms with van der Waals surface area (Å²) in [4.78, 5) is 25.6. The number of amides is 2. The van der Waals surface area contributed by atoms with Crippen molar-refractivity contribution in [3.8, 4) is 5.75 Å². The van der Waals surface area contributed by atoms with Crippen LogP contribution in [0.15, 0.2) is 50.9 Å². The van der Waals surface area contributed by atoms with E-state index in [-0.39, 0.29) is 10.7 Å². The number of nitrogens with zero attached hydrogens (tertiary/aromatic N) is 1. The number of likely N-dealkylation sites (N-methyl/N-ethyl adjacent to an activating group) is 1. The summed E-state index contributed by atoms with van der Waals surface area (Å²) < 4.78 is 7.42. The van der Waals surface area contributed by atoms with E-state index < -0.39 is 11.8 Å². The van der Waals surface area contributed by atoms with Crippen LogP contribution in [0, 0.1) is 0 Å². The molecule has 28 heavy (non-hydrogen) atoms. The molecule has 0 atom stereocenters. The fourth-order valence-electron chi connectivity index (χ4n) is 2.45. The van der Waals surface area contributed by atoms with Gasteiger partial charge in [-0.05, 0) is 69.6 Å². The summed E-state index contributed by atoms with van der Waals surface area (Å²) in [6.45, 7) is 0.342. The van der Waals surface area contributed by atoms with Gasteiger partial charge in [-0.1, -0.05) is 39.7 Å². The highest BCUT2D eigenvalue weighted by atomic mass is 79.9. The molecule has 144 valence electrons. The van der Waals surface area contributed by atoms with Crippen LogP contribution < -0.4 is 10.1 Å². The second-order valence-corrected chi connectivity index (χ2v) is 8.47. The summed E-state index contributed by atoms with van der Waals surface area (Å²) in [6.07, 6.45) is 1.46. The number of hydrogen-bond donors (Lipinski definition) is 1. The van der Waals surface area contributed by atoms with Crippen molar-refractivity contribution in [3.63, 3.8) is 0 Å². The molecule has 2 aromatic carbocycles. The summed E-state index contributed by atoms with van der Waals surface area (Å²) >= 11 is 18.1. The molecule has 1 N–H and O–H groups in total. The molecule has 0 saturated carbocycles. The number of carbonyl (C=O) groups excluding carboxylic acids is 2. The molecule has 1 aliphatic rings. The van der Waals surface area contributed by atoms with Gasteiger partial charge in [0.25, 0.3) is 11.8 Å². The number of hydrogen-bond acceptors (Lipinski definition) is 4. The van der Waals surface area contributed by atoms with E-state index in [1.54, 1.807) is 12.1 Å². The molecule has 0 aromatic heterocycles. The minimum Gasteiger partial charge on any atom is -0.486 e. The largest absolute Gasteiger partial charge is 0.486 e. The van der Waals surface area contributed by atoms with Crippen molar-refractivity contribution in [2.75, 3.05) is 7.05 Å². The third-order valence-electron chi connectivity index (χ3n) is 3.93. The lowest BCUT2D eigenvalue weighted by Gasteiger charge is -2.25. The maximum absolute atomic E-state index is 12.3. The number of rotatable bonds is 4. The molecule has 5 nitrogen and oxygen atoms in total. The monoisotopic (exact) mass is 542 g/mol. The predicted molar refractivity (Wildman–Crippen MR) is 119 cm³/mol. The Morgan fingerprint density at radius 3 is 2.54 bits per heavy atom. The van der Waals surface area contributed by atoms with E-state index in [2.05, 4.69) is 37.2 Å². The lowest BCUT2D eigenvalue weighted by molar-refractivity contribution is -0.128. The van der Waals surface area contributed by atoms with Crippen molar-refractivity contribution in [2.45, 2.75) is 6.61 Å². The first kappa shape index (κ1) is 21.0. The highest BCUT2D eigenvalue weighted by Gasteiger charge is 2.30. The zero-order chi connectivity index (χ0) is 20.4. The first-order chi connectivity index (χ1) is 13.3. The number of benzene rings is 2. The van der Waals surface area contributed by atoms with Crippen molar-refractivity contribution in [1.29, 1.82) is 0 Å². The van der Waals surface area contributed by atoms with Gasteiger partial charge in [0.05, 0.1) is 9.50 Å². The van der Waals surface area contributed by atoms with Crippen molar-refractivity contribution in [2.24, 2.45) is 0 Å². The fourth-order valence-corrected chi connectivity index (χ4v) is 3.88. The third kappa shape index (κ3) is 4.63. The molecule has 0 bridgehead atoms. The number of nitrogens with one attached hydrogen (secondary N) is 1. The summed E-state index contributed by atoms with van der Waals surface area (Å²) in [5, 5.41) is 2.89. The van der Waals surface area contributed by atoms with Crippen molar-refractivity contribution in [3.05, 3.63) is 67.1 Å². The molecule has 9 heteroatoms. The van der Waals surface area contributed by atoms with E-state index in [0.29, 0.717) is 27.4 Å². The molecule has 1 fully saturated rings. The molecule has 1 heterocycles. The Morgan fingerprint density at radius 2 is 1.89 bits per heavy atom. The van der Waals surface area contributed by atoms with Crippen LogP contribution in [0.2, 0.25) is 5.02 Å². The van der Waals surface area contributed by atoms with E-state index >= 15 is 0 Å². The molecule has 0 spiro atoms. The Bertz CT molecular complexity index is 986. The second kappa shape index (κ2) is 8.73. The van der Waals surface area contributed by atoms with Crippen LogP contribution in [-0.4, -0.2) is 28.9 Å². The summed E-state index contributed by atoms with van der Waals surface area (Å²) in [5.41, 5.74) is 1.54. The van der Waals surface area contributed by atoms with Crippen LogP contribution in [0.3, 0.4) is 0 Å². The van der Waals surface area contributed by atoms with Crippen LogP contribution in [0.1, 0.15) is 11.1 Å². The standard InChI is InChI=1S/C19H13Br2ClN2O3S/c1-24-18(26)13(17(25)23-19(24)28)6-11-7-14(21)16(15(22)8-11)27-9-10-2-4-12(20)5-3-10/h2-8H,9H2,1H3,(H,23,25,28)/b13-6+. The topological polar surface area (TPSA) is 58.6 Å². The summed E-state index contributed by atoms with van der Waals surface area (Å²) in [6, 6.07) is 11.1. The molecule has 2 amide bonds.